The van der Waals surface area contributed by atoms with Gasteiger partial charge in [-0.15, -0.1) is 0 Å². The van der Waals surface area contributed by atoms with Gasteiger partial charge in [0.15, 0.2) is 6.61 Å². The van der Waals surface area contributed by atoms with E-state index in [1.54, 1.807) is 4.90 Å². The molecule has 0 saturated heterocycles. The Morgan fingerprint density at radius 3 is 2.34 bits per heavy atom. The molecule has 0 aliphatic rings. The maximum Gasteiger partial charge on any atom is 0.261 e. The quantitative estimate of drug-likeness (QED) is 0.699. The summed E-state index contributed by atoms with van der Waals surface area (Å²) in [7, 11) is 0. The van der Waals surface area contributed by atoms with Crippen LogP contribution in [0.15, 0.2) is 42.5 Å². The fourth-order valence-electron chi connectivity index (χ4n) is 3.29. The van der Waals surface area contributed by atoms with Gasteiger partial charge in [0.05, 0.1) is 0 Å². The molecule has 2 amide bonds. The molecule has 0 aliphatic carbocycles. The van der Waals surface area contributed by atoms with Crippen molar-refractivity contribution in [3.05, 3.63) is 64.7 Å². The van der Waals surface area contributed by atoms with Gasteiger partial charge in [0.1, 0.15) is 11.8 Å². The smallest absolute Gasteiger partial charge is 0.261 e. The first kappa shape index (κ1) is 22.5. The summed E-state index contributed by atoms with van der Waals surface area (Å²) < 4.78 is 5.84. The van der Waals surface area contributed by atoms with E-state index in [1.807, 2.05) is 77.1 Å². The molecule has 2 rings (SSSR count). The van der Waals surface area contributed by atoms with E-state index in [1.165, 1.54) is 0 Å². The number of benzene rings is 2. The highest BCUT2D eigenvalue weighted by molar-refractivity contribution is 5.88. The number of carbonyl (C=O) groups excluding carboxylic acids is 2. The summed E-state index contributed by atoms with van der Waals surface area (Å²) >= 11 is 0. The van der Waals surface area contributed by atoms with E-state index in [-0.39, 0.29) is 18.4 Å². The van der Waals surface area contributed by atoms with Crippen LogP contribution in [-0.2, 0) is 16.1 Å². The number of amides is 2. The van der Waals surface area contributed by atoms with Crippen molar-refractivity contribution >= 4 is 11.8 Å². The van der Waals surface area contributed by atoms with E-state index in [4.69, 9.17) is 4.74 Å². The molecule has 0 radical (unpaired) electrons. The molecule has 0 unspecified atom stereocenters. The van der Waals surface area contributed by atoms with Crippen LogP contribution in [0.3, 0.4) is 0 Å². The van der Waals surface area contributed by atoms with Crippen molar-refractivity contribution in [2.75, 3.05) is 13.2 Å². The summed E-state index contributed by atoms with van der Waals surface area (Å²) in [6, 6.07) is 13.2. The van der Waals surface area contributed by atoms with Crippen LogP contribution in [0.2, 0.25) is 0 Å². The van der Waals surface area contributed by atoms with Crippen LogP contribution in [0.4, 0.5) is 0 Å². The minimum atomic E-state index is -0.538. The first-order valence-electron chi connectivity index (χ1n) is 10.2. The fraction of sp³-hybridized carbons (Fsp3) is 0.417. The van der Waals surface area contributed by atoms with Crippen molar-refractivity contribution in [1.29, 1.82) is 0 Å². The number of nitrogens with one attached hydrogen (secondary N) is 1. The van der Waals surface area contributed by atoms with Crippen molar-refractivity contribution in [3.8, 4) is 5.75 Å². The van der Waals surface area contributed by atoms with E-state index in [2.05, 4.69) is 5.32 Å². The number of nitrogens with zero attached hydrogens (tertiary/aromatic N) is 1. The monoisotopic (exact) mass is 396 g/mol. The normalized spacial score (nSPS) is 11.6. The highest BCUT2D eigenvalue weighted by atomic mass is 16.5. The molecule has 0 saturated carbocycles. The van der Waals surface area contributed by atoms with E-state index in [0.29, 0.717) is 25.3 Å². The van der Waals surface area contributed by atoms with Crippen LogP contribution in [0, 0.1) is 20.8 Å². The average Bonchev–Trinajstić information content (AvgIpc) is 2.70. The van der Waals surface area contributed by atoms with Gasteiger partial charge in [-0.25, -0.2) is 0 Å². The zero-order valence-corrected chi connectivity index (χ0v) is 18.1. The summed E-state index contributed by atoms with van der Waals surface area (Å²) in [4.78, 5) is 27.4. The van der Waals surface area contributed by atoms with Gasteiger partial charge in [0, 0.05) is 13.1 Å². The molecule has 0 bridgehead atoms. The van der Waals surface area contributed by atoms with Crippen LogP contribution >= 0.6 is 0 Å². The molecule has 2 aromatic carbocycles. The molecule has 5 nitrogen and oxygen atoms in total. The van der Waals surface area contributed by atoms with Crippen molar-refractivity contribution in [3.63, 3.8) is 0 Å². The lowest BCUT2D eigenvalue weighted by Crippen LogP contribution is -2.50. The Labute approximate surface area is 174 Å². The second-order valence-corrected chi connectivity index (χ2v) is 7.25. The number of rotatable bonds is 9. The summed E-state index contributed by atoms with van der Waals surface area (Å²) in [5.41, 5.74) is 4.24. The second-order valence-electron chi connectivity index (χ2n) is 7.25. The van der Waals surface area contributed by atoms with Gasteiger partial charge in [-0.1, -0.05) is 43.3 Å². The third kappa shape index (κ3) is 5.83. The van der Waals surface area contributed by atoms with Crippen molar-refractivity contribution < 1.29 is 14.3 Å². The van der Waals surface area contributed by atoms with Gasteiger partial charge in [-0.05, 0) is 62.4 Å². The van der Waals surface area contributed by atoms with Gasteiger partial charge in [0.2, 0.25) is 5.91 Å². The number of carbonyl (C=O) groups is 2. The topological polar surface area (TPSA) is 58.6 Å². The highest BCUT2D eigenvalue weighted by Gasteiger charge is 2.29. The molecule has 5 heteroatoms. The molecular formula is C24H32N2O3. The van der Waals surface area contributed by atoms with E-state index in [9.17, 15) is 9.59 Å². The summed E-state index contributed by atoms with van der Waals surface area (Å²) in [5, 5.41) is 2.85. The molecule has 29 heavy (non-hydrogen) atoms. The van der Waals surface area contributed by atoms with Gasteiger partial charge in [0.25, 0.3) is 5.91 Å². The van der Waals surface area contributed by atoms with Crippen molar-refractivity contribution in [2.45, 2.75) is 53.6 Å². The summed E-state index contributed by atoms with van der Waals surface area (Å²) in [5.74, 6) is 0.358. The number of aryl methyl sites for hydroxylation is 2. The first-order valence-corrected chi connectivity index (χ1v) is 10.2. The predicted octanol–water partition coefficient (Wildman–Crippen LogP) is 3.93. The Bertz CT molecular complexity index is 848. The van der Waals surface area contributed by atoms with Gasteiger partial charge in [-0.3, -0.25) is 9.59 Å². The molecule has 156 valence electrons. The number of likely N-dealkylation sites (N-methyl/N-ethyl adjacent to an activating group) is 1. The average molecular weight is 397 g/mol. The minimum absolute atomic E-state index is 0.105. The standard InChI is InChI=1S/C24H32N2O3/c1-6-21(24(28)25-7-2)26(15-20-13-9-8-11-18(20)4)23(27)16-29-22-14-10-12-17(3)19(22)5/h8-14,21H,6-7,15-16H2,1-5H3,(H,25,28)/t21-/m1/s1. The molecule has 2 aromatic rings. The summed E-state index contributed by atoms with van der Waals surface area (Å²) in [6.07, 6.45) is 0.535. The Morgan fingerprint density at radius 1 is 1.00 bits per heavy atom. The molecular weight excluding hydrogens is 364 g/mol. The van der Waals surface area contributed by atoms with Gasteiger partial charge < -0.3 is 15.0 Å². The Kier molecular flexibility index (Phi) is 8.25. The predicted molar refractivity (Wildman–Crippen MR) is 116 cm³/mol. The molecule has 1 atom stereocenters. The SMILES string of the molecule is CCNC(=O)[C@@H](CC)N(Cc1ccccc1C)C(=O)COc1cccc(C)c1C. The number of hydrogen-bond donors (Lipinski definition) is 1. The number of hydrogen-bond acceptors (Lipinski definition) is 3. The molecule has 0 aromatic heterocycles. The zero-order valence-electron chi connectivity index (χ0n) is 18.1. The summed E-state index contributed by atoms with van der Waals surface area (Å²) in [6.45, 7) is 10.6. The molecule has 0 fully saturated rings. The maximum atomic E-state index is 13.2. The van der Waals surface area contributed by atoms with Crippen LogP contribution in [-0.4, -0.2) is 35.9 Å². The Morgan fingerprint density at radius 2 is 1.69 bits per heavy atom. The maximum absolute atomic E-state index is 13.2. The molecule has 0 heterocycles. The second kappa shape index (κ2) is 10.6. The molecule has 0 spiro atoms. The third-order valence-corrected chi connectivity index (χ3v) is 5.24. The lowest BCUT2D eigenvalue weighted by molar-refractivity contribution is -0.142. The van der Waals surface area contributed by atoms with Gasteiger partial charge >= 0.3 is 0 Å². The number of ether oxygens (including phenoxy) is 1. The Hall–Kier alpha value is -2.82. The first-order chi connectivity index (χ1) is 13.9. The largest absolute Gasteiger partial charge is 0.483 e. The van der Waals surface area contributed by atoms with Crippen LogP contribution in [0.5, 0.6) is 5.75 Å². The van der Waals surface area contributed by atoms with Crippen molar-refractivity contribution in [1.82, 2.24) is 10.2 Å². The molecule has 0 aliphatic heterocycles. The minimum Gasteiger partial charge on any atom is -0.483 e. The Balaban J connectivity index is 2.24. The van der Waals surface area contributed by atoms with E-state index < -0.39 is 6.04 Å². The molecule has 1 N–H and O–H groups in total. The van der Waals surface area contributed by atoms with Crippen LogP contribution in [0.25, 0.3) is 0 Å². The van der Waals surface area contributed by atoms with Crippen molar-refractivity contribution in [2.24, 2.45) is 0 Å². The zero-order chi connectivity index (χ0) is 21.4. The van der Waals surface area contributed by atoms with E-state index >= 15 is 0 Å². The van der Waals surface area contributed by atoms with Crippen LogP contribution in [0.1, 0.15) is 42.5 Å². The lowest BCUT2D eigenvalue weighted by atomic mass is 10.1. The van der Waals surface area contributed by atoms with E-state index in [0.717, 1.165) is 22.3 Å². The fourth-order valence-corrected chi connectivity index (χ4v) is 3.29. The highest BCUT2D eigenvalue weighted by Crippen LogP contribution is 2.21. The lowest BCUT2D eigenvalue weighted by Gasteiger charge is -2.31. The third-order valence-electron chi connectivity index (χ3n) is 5.24. The van der Waals surface area contributed by atoms with Gasteiger partial charge in [-0.2, -0.15) is 0 Å². The van der Waals surface area contributed by atoms with Crippen LogP contribution < -0.4 is 10.1 Å².